The normalized spacial score (nSPS) is 10.1. The summed E-state index contributed by atoms with van der Waals surface area (Å²) in [6.45, 7) is 5.67. The lowest BCUT2D eigenvalue weighted by molar-refractivity contribution is -0.380. The van der Waals surface area contributed by atoms with E-state index in [1.165, 1.54) is 6.20 Å². The number of nitrogens with zero attached hydrogens (tertiary/aromatic N) is 3. The van der Waals surface area contributed by atoms with Gasteiger partial charge in [0.05, 0.1) is 4.92 Å². The Bertz CT molecular complexity index is 417. The average molecular weight is 272 g/mol. The van der Waals surface area contributed by atoms with Crippen molar-refractivity contribution in [2.24, 2.45) is 0 Å². The van der Waals surface area contributed by atoms with Crippen LogP contribution in [0.15, 0.2) is 6.20 Å². The molecule has 1 aromatic rings. The van der Waals surface area contributed by atoms with Gasteiger partial charge in [0.25, 0.3) is 0 Å². The minimum Gasteiger partial charge on any atom is -0.361 e. The number of hydrogen-bond donors (Lipinski definition) is 1. The van der Waals surface area contributed by atoms with Crippen LogP contribution in [0.3, 0.4) is 0 Å². The molecule has 0 unspecified atom stereocenters. The number of carbonyl (C=O) groups excluding carboxylic acids is 1. The van der Waals surface area contributed by atoms with Crippen LogP contribution in [-0.2, 0) is 4.79 Å². The predicted octanol–water partition coefficient (Wildman–Crippen LogP) is 1.72. The molecule has 0 aromatic carbocycles. The molecule has 0 fully saturated rings. The first-order valence-corrected chi connectivity index (χ1v) is 6.52. The van der Waals surface area contributed by atoms with Crippen LogP contribution in [0.5, 0.6) is 0 Å². The van der Waals surface area contributed by atoms with E-state index in [4.69, 9.17) is 0 Å². The third-order valence-electron chi connectivity index (χ3n) is 2.40. The van der Waals surface area contributed by atoms with Gasteiger partial charge in [-0.1, -0.05) is 0 Å². The third-order valence-corrected chi connectivity index (χ3v) is 3.31. The summed E-state index contributed by atoms with van der Waals surface area (Å²) in [5.41, 5.74) is 0. The Morgan fingerprint density at radius 1 is 1.56 bits per heavy atom. The van der Waals surface area contributed by atoms with E-state index in [2.05, 4.69) is 10.3 Å². The summed E-state index contributed by atoms with van der Waals surface area (Å²) in [4.78, 5) is 27.2. The molecule has 1 N–H and O–H groups in total. The maximum absolute atomic E-state index is 11.7. The van der Waals surface area contributed by atoms with Gasteiger partial charge in [-0.3, -0.25) is 14.9 Å². The molecule has 7 nitrogen and oxygen atoms in total. The second-order valence-corrected chi connectivity index (χ2v) is 4.51. The summed E-state index contributed by atoms with van der Waals surface area (Å²) in [6, 6.07) is 0. The van der Waals surface area contributed by atoms with E-state index in [9.17, 15) is 14.9 Å². The van der Waals surface area contributed by atoms with Crippen LogP contribution in [0.4, 0.5) is 10.1 Å². The number of nitrogens with one attached hydrogen (secondary N) is 1. The largest absolute Gasteiger partial charge is 0.361 e. The van der Waals surface area contributed by atoms with Crippen molar-refractivity contribution in [3.63, 3.8) is 0 Å². The molecular weight excluding hydrogens is 256 g/mol. The third kappa shape index (κ3) is 3.95. The van der Waals surface area contributed by atoms with Gasteiger partial charge >= 0.3 is 5.00 Å². The molecule has 0 saturated heterocycles. The van der Waals surface area contributed by atoms with E-state index in [1.54, 1.807) is 4.90 Å². The molecule has 1 aromatic heterocycles. The molecule has 100 valence electrons. The first kappa shape index (κ1) is 14.4. The highest BCUT2D eigenvalue weighted by Crippen LogP contribution is 2.24. The first-order valence-electron chi connectivity index (χ1n) is 5.70. The van der Waals surface area contributed by atoms with E-state index < -0.39 is 4.92 Å². The van der Waals surface area contributed by atoms with Crippen LogP contribution in [0.1, 0.15) is 20.3 Å². The molecule has 18 heavy (non-hydrogen) atoms. The Morgan fingerprint density at radius 3 is 2.72 bits per heavy atom. The number of hydrogen-bond acceptors (Lipinski definition) is 6. The van der Waals surface area contributed by atoms with Crippen molar-refractivity contribution in [1.82, 2.24) is 9.88 Å². The molecule has 0 aliphatic rings. The predicted molar refractivity (Wildman–Crippen MR) is 69.8 cm³/mol. The van der Waals surface area contributed by atoms with Crippen molar-refractivity contribution >= 4 is 27.4 Å². The van der Waals surface area contributed by atoms with Gasteiger partial charge in [-0.05, 0) is 25.2 Å². The topological polar surface area (TPSA) is 88.4 Å². The van der Waals surface area contributed by atoms with Crippen LogP contribution in [-0.4, -0.2) is 40.3 Å². The Hall–Kier alpha value is -1.70. The van der Waals surface area contributed by atoms with E-state index in [-0.39, 0.29) is 10.9 Å². The quantitative estimate of drug-likeness (QED) is 0.603. The van der Waals surface area contributed by atoms with Gasteiger partial charge in [-0.15, -0.1) is 0 Å². The van der Waals surface area contributed by atoms with Crippen LogP contribution >= 0.6 is 11.3 Å². The molecule has 0 saturated carbocycles. The summed E-state index contributed by atoms with van der Waals surface area (Å²) in [7, 11) is 0. The van der Waals surface area contributed by atoms with Crippen LogP contribution in [0.25, 0.3) is 0 Å². The fourth-order valence-corrected chi connectivity index (χ4v) is 2.10. The van der Waals surface area contributed by atoms with Crippen molar-refractivity contribution in [3.05, 3.63) is 16.3 Å². The SMILES string of the molecule is CCN(CC)C(=O)CCNc1ncc([N+](=O)[O-])s1. The highest BCUT2D eigenvalue weighted by molar-refractivity contribution is 7.18. The minimum atomic E-state index is -0.482. The molecule has 0 aliphatic heterocycles. The number of thiazole rings is 1. The molecule has 1 rings (SSSR count). The van der Waals surface area contributed by atoms with Crippen molar-refractivity contribution in [1.29, 1.82) is 0 Å². The molecule has 0 spiro atoms. The van der Waals surface area contributed by atoms with Gasteiger partial charge in [-0.25, -0.2) is 4.98 Å². The van der Waals surface area contributed by atoms with E-state index >= 15 is 0 Å². The summed E-state index contributed by atoms with van der Waals surface area (Å²) in [5, 5.41) is 13.8. The second kappa shape index (κ2) is 6.90. The number of rotatable bonds is 7. The van der Waals surface area contributed by atoms with E-state index in [0.29, 0.717) is 31.2 Å². The molecule has 0 atom stereocenters. The molecule has 0 aliphatic carbocycles. The van der Waals surface area contributed by atoms with Crippen LogP contribution in [0.2, 0.25) is 0 Å². The van der Waals surface area contributed by atoms with E-state index in [1.807, 2.05) is 13.8 Å². The Labute approximate surface area is 109 Å². The molecule has 0 bridgehead atoms. The standard InChI is InChI=1S/C10H16N4O3S/c1-3-13(4-2)8(15)5-6-11-10-12-7-9(18-10)14(16)17/h7H,3-6H2,1-2H3,(H,11,12). The second-order valence-electron chi connectivity index (χ2n) is 3.50. The van der Waals surface area contributed by atoms with Crippen molar-refractivity contribution in [3.8, 4) is 0 Å². The van der Waals surface area contributed by atoms with Crippen molar-refractivity contribution < 1.29 is 9.72 Å². The van der Waals surface area contributed by atoms with Gasteiger partial charge in [0.1, 0.15) is 6.20 Å². The zero-order valence-corrected chi connectivity index (χ0v) is 11.2. The molecule has 1 amide bonds. The number of amides is 1. The average Bonchev–Trinajstić information content (AvgIpc) is 2.79. The van der Waals surface area contributed by atoms with Gasteiger partial charge in [0.2, 0.25) is 5.91 Å². The Balaban J connectivity index is 2.37. The van der Waals surface area contributed by atoms with Gasteiger partial charge in [-0.2, -0.15) is 0 Å². The van der Waals surface area contributed by atoms with Crippen molar-refractivity contribution in [2.45, 2.75) is 20.3 Å². The summed E-state index contributed by atoms with van der Waals surface area (Å²) in [5.74, 6) is 0.0681. The summed E-state index contributed by atoms with van der Waals surface area (Å²) < 4.78 is 0. The first-order chi connectivity index (χ1) is 8.58. The lowest BCUT2D eigenvalue weighted by Gasteiger charge is -2.18. The number of nitro groups is 1. The van der Waals surface area contributed by atoms with Crippen LogP contribution < -0.4 is 5.32 Å². The Morgan fingerprint density at radius 2 is 2.22 bits per heavy atom. The lowest BCUT2D eigenvalue weighted by Crippen LogP contribution is -2.31. The number of aromatic nitrogens is 1. The van der Waals surface area contributed by atoms with Crippen LogP contribution in [0, 0.1) is 10.1 Å². The highest BCUT2D eigenvalue weighted by Gasteiger charge is 2.12. The molecule has 1 heterocycles. The zero-order chi connectivity index (χ0) is 13.5. The fraction of sp³-hybridized carbons (Fsp3) is 0.600. The van der Waals surface area contributed by atoms with E-state index in [0.717, 1.165) is 11.3 Å². The maximum atomic E-state index is 11.7. The molecular formula is C10H16N4O3S. The molecule has 0 radical (unpaired) electrons. The molecule has 8 heteroatoms. The van der Waals surface area contributed by atoms with Crippen molar-refractivity contribution in [2.75, 3.05) is 25.0 Å². The smallest absolute Gasteiger partial charge is 0.345 e. The summed E-state index contributed by atoms with van der Waals surface area (Å²) in [6.07, 6.45) is 1.56. The number of carbonyl (C=O) groups is 1. The maximum Gasteiger partial charge on any atom is 0.345 e. The minimum absolute atomic E-state index is 0.00688. The lowest BCUT2D eigenvalue weighted by atomic mass is 10.3. The monoisotopic (exact) mass is 272 g/mol. The van der Waals surface area contributed by atoms with Gasteiger partial charge in [0.15, 0.2) is 5.13 Å². The zero-order valence-electron chi connectivity index (χ0n) is 10.4. The summed E-state index contributed by atoms with van der Waals surface area (Å²) >= 11 is 0.966. The number of anilines is 1. The van der Waals surface area contributed by atoms with Gasteiger partial charge in [0, 0.05) is 26.1 Å². The fourth-order valence-electron chi connectivity index (χ4n) is 1.44. The highest BCUT2D eigenvalue weighted by atomic mass is 32.1. The Kier molecular flexibility index (Phi) is 5.50. The van der Waals surface area contributed by atoms with Gasteiger partial charge < -0.3 is 10.2 Å².